The Morgan fingerprint density at radius 2 is 0.654 bits per heavy atom. The van der Waals surface area contributed by atoms with Crippen LogP contribution in [-0.4, -0.2) is 268 Å². The third-order valence-corrected chi connectivity index (χ3v) is 22.2. The molecule has 688 valence electrons. The van der Waals surface area contributed by atoms with Gasteiger partial charge < -0.3 is 205 Å². The van der Waals surface area contributed by atoms with E-state index in [-0.39, 0.29) is 36.4 Å². The van der Waals surface area contributed by atoms with Crippen molar-refractivity contribution >= 4 is 80.5 Å². The van der Waals surface area contributed by atoms with Crippen LogP contribution in [0.2, 0.25) is 0 Å². The minimum absolute atomic E-state index is 0.0469. The summed E-state index contributed by atoms with van der Waals surface area (Å²) < 4.78 is 56.5. The van der Waals surface area contributed by atoms with E-state index >= 15 is 24.0 Å². The van der Waals surface area contributed by atoms with Crippen molar-refractivity contribution in [2.45, 2.75) is 60.9 Å². The third kappa shape index (κ3) is 13.1. The molecule has 10 unspecified atom stereocenters. The highest BCUT2D eigenvalue weighted by atomic mass is 16.7. The summed E-state index contributed by atoms with van der Waals surface area (Å²) in [5, 5.41) is 355. The smallest absolute Gasteiger partial charge is 0.344 e. The molecule has 0 saturated carbocycles. The second-order valence-corrected chi connectivity index (χ2v) is 29.6. The quantitative estimate of drug-likeness (QED) is 0.0307. The van der Waals surface area contributed by atoms with Crippen molar-refractivity contribution in [3.8, 4) is 194 Å². The maximum atomic E-state index is 16.6. The van der Waals surface area contributed by atoms with Crippen molar-refractivity contribution in [1.29, 1.82) is 0 Å². The summed E-state index contributed by atoms with van der Waals surface area (Å²) in [7, 11) is 0. The van der Waals surface area contributed by atoms with Gasteiger partial charge in [-0.05, 0) is 54.6 Å². The maximum Gasteiger partial charge on any atom is 0.344 e. The standard InChI is InChI=1S/C82H54O51/c83-19-1-12(2-20(84)45(19)92)73(114)126-28-10-125-80(121)41-35(32-16(7-25(89)49(96)54(32)101)76(117)128-67(28)66(113)64(111)60(107)44-43-39-34-18(79(120)130-70(39)65(112)61(44)108)9-27(91)51(98)69(34)131-82(43)123)56(103)62(109)58(105)37(41)40-38-42-36(57(104)63(110)59(38)106)33-17(8-26(90)50(97)55(33)102)78(119)133-72(71(40)132-81(42)122)68-29(127-74(115)13-3-21(85)46(93)22(86)4-13)11-124-75(116)14-5-23(87)47(94)52(99)30(14)31-15(77(118)129-68)6-24(88)48(95)53(31)100/h1-9,28-29,40,60,64,66-68,71-72,83-113H,10-11H2. The van der Waals surface area contributed by atoms with E-state index in [0.29, 0.717) is 18.2 Å². The lowest BCUT2D eigenvalue weighted by molar-refractivity contribution is -0.146. The Kier molecular flexibility index (Phi) is 20.3. The van der Waals surface area contributed by atoms with Crippen LogP contribution < -0.4 is 11.3 Å². The van der Waals surface area contributed by atoms with Crippen molar-refractivity contribution in [1.82, 2.24) is 0 Å². The molecule has 2 aromatic heterocycles. The van der Waals surface area contributed by atoms with Gasteiger partial charge in [0.25, 0.3) is 0 Å². The number of phenolic OH excluding ortho intramolecular Hbond substituents is 28. The molecule has 51 heteroatoms. The number of ether oxygens (including phenoxy) is 8. The fourth-order valence-electron chi connectivity index (χ4n) is 16.0. The lowest BCUT2D eigenvalue weighted by Crippen LogP contribution is -2.56. The van der Waals surface area contributed by atoms with Gasteiger partial charge in [-0.2, -0.15) is 0 Å². The Hall–Kier alpha value is -18.8. The average Bonchev–Trinajstić information content (AvgIpc) is 0.743. The summed E-state index contributed by atoms with van der Waals surface area (Å²) in [5.74, 6) is -70.3. The van der Waals surface area contributed by atoms with Gasteiger partial charge in [-0.25, -0.2) is 47.9 Å². The molecule has 4 aliphatic heterocycles. The number of carbonyl (C=O) groups is 8. The fourth-order valence-corrected chi connectivity index (χ4v) is 16.0. The third-order valence-electron chi connectivity index (χ3n) is 22.2. The molecule has 0 amide bonds. The molecule has 10 atom stereocenters. The Bertz CT molecular complexity index is 7370. The predicted octanol–water partition coefficient (Wildman–Crippen LogP) is 2.46. The van der Waals surface area contributed by atoms with E-state index in [0.717, 1.165) is 0 Å². The summed E-state index contributed by atoms with van der Waals surface area (Å²) in [6.45, 7) is -4.17. The van der Waals surface area contributed by atoms with E-state index in [1.54, 1.807) is 0 Å². The SMILES string of the molecule is O=C(OC1COC(=O)c2c(c(O)c(O)c(O)c2C2c3c(O)c(O)c(O)c4c3C(=O)OC2C(C2OC(=O)c3cc(O)c(O)c(O)c3-c3c(cc(O)c(O)c3O)C(=O)OCC2OC(=O)c2cc(O)c(O)c(O)c2)OC(=O)c2cc(O)c(O)c(O)c2-4)-c2c(cc(O)c(O)c2O)C(=O)OC1C(O)C(O)C(O)c1c(O)c(O)c2oc(=O)c3cc(O)c(O)c4oc(=O)c1c2c43)c1cc(O)c(O)c(O)c1. The van der Waals surface area contributed by atoms with Crippen LogP contribution in [0.3, 0.4) is 0 Å². The van der Waals surface area contributed by atoms with Gasteiger partial charge in [0, 0.05) is 60.8 Å². The molecule has 51 nitrogen and oxygen atoms in total. The molecule has 0 saturated heterocycles. The van der Waals surface area contributed by atoms with E-state index in [2.05, 4.69) is 0 Å². The van der Waals surface area contributed by atoms with Crippen LogP contribution in [0.25, 0.3) is 66.1 Å². The van der Waals surface area contributed by atoms with Crippen LogP contribution in [0, 0.1) is 0 Å². The number of aromatic hydroxyl groups is 28. The maximum absolute atomic E-state index is 16.6. The van der Waals surface area contributed by atoms with E-state index in [1.807, 2.05) is 0 Å². The number of fused-ring (bicyclic) bond motifs is 10. The molecule has 0 fully saturated rings. The van der Waals surface area contributed by atoms with E-state index in [9.17, 15) is 182 Å². The first kappa shape index (κ1) is 87.6. The highest BCUT2D eigenvalue weighted by Crippen LogP contribution is 2.65. The number of carbonyl (C=O) groups excluding carboxylic acids is 8. The number of hydrogen-bond acceptors (Lipinski definition) is 51. The summed E-state index contributed by atoms with van der Waals surface area (Å²) in [4.78, 5) is 152. The molecule has 16 rings (SSSR count). The molecule has 12 aromatic rings. The second-order valence-electron chi connectivity index (χ2n) is 29.6. The van der Waals surface area contributed by atoms with Gasteiger partial charge in [0.15, 0.2) is 163 Å². The summed E-state index contributed by atoms with van der Waals surface area (Å²) in [6, 6.07) is 2.06. The molecule has 2 bridgehead atoms. The topological polar surface area (TPSA) is 898 Å². The number of hydrogen-bond donors (Lipinski definition) is 31. The Balaban J connectivity index is 0.973. The normalized spacial score (nSPS) is 18.5. The highest BCUT2D eigenvalue weighted by molar-refractivity contribution is 6.23. The zero-order valence-electron chi connectivity index (χ0n) is 64.9. The van der Waals surface area contributed by atoms with Crippen LogP contribution in [0.15, 0.2) is 73.0 Å². The summed E-state index contributed by atoms with van der Waals surface area (Å²) in [5.41, 5.74) is -33.5. The molecule has 4 aliphatic rings. The van der Waals surface area contributed by atoms with Crippen molar-refractivity contribution in [3.05, 3.63) is 137 Å². The number of aliphatic hydroxyl groups is 3. The molecular weight excluding hydrogens is 1800 g/mol. The van der Waals surface area contributed by atoms with Crippen LogP contribution in [-0.2, 0) is 37.9 Å². The van der Waals surface area contributed by atoms with E-state index < -0.39 is 421 Å². The zero-order chi connectivity index (χ0) is 96.8. The Morgan fingerprint density at radius 1 is 0.301 bits per heavy atom. The molecule has 133 heavy (non-hydrogen) atoms. The molecule has 10 aromatic carbocycles. The van der Waals surface area contributed by atoms with Gasteiger partial charge in [-0.15, -0.1) is 0 Å². The van der Waals surface area contributed by atoms with E-state index in [4.69, 9.17) is 46.7 Å². The molecule has 0 spiro atoms. The first-order valence-electron chi connectivity index (χ1n) is 37.1. The highest BCUT2D eigenvalue weighted by Gasteiger charge is 2.58. The largest absolute Gasteiger partial charge is 0.504 e. The van der Waals surface area contributed by atoms with Gasteiger partial charge >= 0.3 is 59.0 Å². The molecular formula is C82H54O51. The summed E-state index contributed by atoms with van der Waals surface area (Å²) in [6.07, 6.45) is -30.8. The fraction of sp³-hybridized carbons (Fsp3) is 0.146. The Morgan fingerprint density at radius 3 is 1.11 bits per heavy atom. The van der Waals surface area contributed by atoms with Gasteiger partial charge in [-0.1, -0.05) is 0 Å². The number of cyclic esters (lactones) is 5. The molecule has 0 radical (unpaired) electrons. The summed E-state index contributed by atoms with van der Waals surface area (Å²) >= 11 is 0. The molecule has 0 aliphatic carbocycles. The molecule has 6 heterocycles. The lowest BCUT2D eigenvalue weighted by atomic mass is 9.72. The van der Waals surface area contributed by atoms with Crippen LogP contribution in [0.5, 0.6) is 161 Å². The van der Waals surface area contributed by atoms with Gasteiger partial charge in [-0.3, -0.25) is 0 Å². The van der Waals surface area contributed by atoms with Gasteiger partial charge in [0.2, 0.25) is 46.0 Å². The van der Waals surface area contributed by atoms with Gasteiger partial charge in [0.1, 0.15) is 31.5 Å². The molecule has 31 N–H and O–H groups in total. The van der Waals surface area contributed by atoms with E-state index in [1.165, 1.54) is 0 Å². The number of phenols is 28. The van der Waals surface area contributed by atoms with Crippen LogP contribution in [0.1, 0.15) is 112 Å². The number of aliphatic hydroxyl groups excluding tert-OH is 3. The first-order chi connectivity index (χ1) is 62.5. The minimum Gasteiger partial charge on any atom is -0.504 e. The monoisotopic (exact) mass is 1850 g/mol. The van der Waals surface area contributed by atoms with Crippen LogP contribution >= 0.6 is 0 Å². The zero-order valence-corrected chi connectivity index (χ0v) is 64.9. The lowest BCUT2D eigenvalue weighted by Gasteiger charge is -2.43. The van der Waals surface area contributed by atoms with Crippen LogP contribution in [0.4, 0.5) is 0 Å². The average molecular weight is 1860 g/mol. The number of esters is 8. The van der Waals surface area contributed by atoms with Gasteiger partial charge in [0.05, 0.1) is 61.2 Å². The van der Waals surface area contributed by atoms with Crippen molar-refractivity contribution in [3.63, 3.8) is 0 Å². The van der Waals surface area contributed by atoms with Crippen molar-refractivity contribution in [2.75, 3.05) is 13.2 Å². The minimum atomic E-state index is -3.63. The second kappa shape index (κ2) is 30.8. The number of benzene rings is 10. The van der Waals surface area contributed by atoms with Crippen molar-refractivity contribution < 1.29 is 243 Å². The first-order valence-corrected chi connectivity index (χ1v) is 37.1. The Labute approximate surface area is 726 Å². The number of rotatable bonds is 10. The predicted molar refractivity (Wildman–Crippen MR) is 417 cm³/mol. The van der Waals surface area contributed by atoms with Crippen molar-refractivity contribution in [2.24, 2.45) is 0 Å².